The van der Waals surface area contributed by atoms with E-state index in [1.54, 1.807) is 0 Å². The molecule has 0 amide bonds. The number of piperazine rings is 1. The van der Waals surface area contributed by atoms with Gasteiger partial charge < -0.3 is 5.32 Å². The first-order valence-electron chi connectivity index (χ1n) is 3.97. The largest absolute Gasteiger partial charge is 0.314 e. The van der Waals surface area contributed by atoms with Crippen LogP contribution in [0.5, 0.6) is 0 Å². The summed E-state index contributed by atoms with van der Waals surface area (Å²) in [6.45, 7) is 5.78. The van der Waals surface area contributed by atoms with E-state index < -0.39 is 0 Å². The van der Waals surface area contributed by atoms with Crippen LogP contribution in [0.15, 0.2) is 0 Å². The van der Waals surface area contributed by atoms with E-state index in [1.165, 1.54) is 25.9 Å². The standard InChI is InChI=1S/C7H15IN2/c1-2-3-7-6-9-4-5-10(7)8/h7,9H,2-6H2,1H3. The summed E-state index contributed by atoms with van der Waals surface area (Å²) in [6, 6.07) is 0.777. The molecule has 0 aromatic heterocycles. The molecule has 2 nitrogen and oxygen atoms in total. The lowest BCUT2D eigenvalue weighted by Crippen LogP contribution is -2.46. The van der Waals surface area contributed by atoms with Gasteiger partial charge in [0.05, 0.1) is 0 Å². The Bertz CT molecular complexity index is 95.6. The van der Waals surface area contributed by atoms with Crippen LogP contribution < -0.4 is 5.32 Å². The number of nitrogens with zero attached hydrogens (tertiary/aromatic N) is 1. The molecule has 1 N–H and O–H groups in total. The van der Waals surface area contributed by atoms with Crippen molar-refractivity contribution in [1.29, 1.82) is 0 Å². The van der Waals surface area contributed by atoms with Crippen LogP contribution in [-0.2, 0) is 0 Å². The third kappa shape index (κ3) is 2.36. The van der Waals surface area contributed by atoms with E-state index >= 15 is 0 Å². The summed E-state index contributed by atoms with van der Waals surface area (Å²) in [6.07, 6.45) is 2.63. The molecule has 1 atom stereocenters. The zero-order valence-corrected chi connectivity index (χ0v) is 8.60. The Morgan fingerprint density at radius 2 is 2.50 bits per heavy atom. The smallest absolute Gasteiger partial charge is 0.0319 e. The van der Waals surface area contributed by atoms with E-state index in [1.807, 2.05) is 0 Å². The van der Waals surface area contributed by atoms with E-state index in [0.29, 0.717) is 0 Å². The van der Waals surface area contributed by atoms with E-state index in [2.05, 4.69) is 38.2 Å². The predicted octanol–water partition coefficient (Wildman–Crippen LogP) is 1.41. The van der Waals surface area contributed by atoms with Crippen LogP contribution in [-0.4, -0.2) is 28.8 Å². The van der Waals surface area contributed by atoms with Crippen molar-refractivity contribution in [2.24, 2.45) is 0 Å². The molecular formula is C7H15IN2. The molecule has 0 radical (unpaired) electrons. The summed E-state index contributed by atoms with van der Waals surface area (Å²) in [5.41, 5.74) is 0. The highest BCUT2D eigenvalue weighted by Gasteiger charge is 2.17. The van der Waals surface area contributed by atoms with Gasteiger partial charge in [-0.15, -0.1) is 0 Å². The highest BCUT2D eigenvalue weighted by molar-refractivity contribution is 14.1. The second-order valence-electron chi connectivity index (χ2n) is 2.77. The molecule has 1 saturated heterocycles. The Hall–Kier alpha value is 0.650. The second-order valence-corrected chi connectivity index (χ2v) is 4.01. The maximum absolute atomic E-state index is 3.40. The topological polar surface area (TPSA) is 15.3 Å². The lowest BCUT2D eigenvalue weighted by molar-refractivity contribution is 0.298. The average Bonchev–Trinajstić information content (AvgIpc) is 1.94. The molecule has 0 bridgehead atoms. The van der Waals surface area contributed by atoms with Crippen molar-refractivity contribution in [2.45, 2.75) is 25.8 Å². The molecule has 0 aromatic rings. The van der Waals surface area contributed by atoms with Crippen molar-refractivity contribution in [3.05, 3.63) is 0 Å². The van der Waals surface area contributed by atoms with E-state index in [0.717, 1.165) is 12.6 Å². The third-order valence-electron chi connectivity index (χ3n) is 1.90. The van der Waals surface area contributed by atoms with Gasteiger partial charge in [0.15, 0.2) is 0 Å². The maximum atomic E-state index is 3.40. The fourth-order valence-corrected chi connectivity index (χ4v) is 2.03. The third-order valence-corrected chi connectivity index (χ3v) is 3.17. The summed E-state index contributed by atoms with van der Waals surface area (Å²) in [4.78, 5) is 0. The van der Waals surface area contributed by atoms with Crippen molar-refractivity contribution >= 4 is 22.9 Å². The van der Waals surface area contributed by atoms with E-state index in [9.17, 15) is 0 Å². The molecule has 0 aliphatic carbocycles. The number of rotatable bonds is 2. The van der Waals surface area contributed by atoms with Gasteiger partial charge in [0.2, 0.25) is 0 Å². The molecule has 0 spiro atoms. The molecule has 3 heteroatoms. The van der Waals surface area contributed by atoms with E-state index in [4.69, 9.17) is 0 Å². The van der Waals surface area contributed by atoms with Gasteiger partial charge in [0.1, 0.15) is 0 Å². The molecule has 0 saturated carbocycles. The second kappa shape index (κ2) is 4.51. The lowest BCUT2D eigenvalue weighted by Gasteiger charge is -2.30. The Kier molecular flexibility index (Phi) is 3.95. The summed E-state index contributed by atoms with van der Waals surface area (Å²) in [5.74, 6) is 0. The first kappa shape index (κ1) is 8.74. The SMILES string of the molecule is CCCC1CNCCN1I. The fourth-order valence-electron chi connectivity index (χ4n) is 1.31. The number of halogens is 1. The van der Waals surface area contributed by atoms with Gasteiger partial charge in [0.25, 0.3) is 0 Å². The minimum atomic E-state index is 0.777. The molecule has 1 fully saturated rings. The van der Waals surface area contributed by atoms with Crippen LogP contribution in [0.2, 0.25) is 0 Å². The molecule has 1 aliphatic rings. The predicted molar refractivity (Wildman–Crippen MR) is 52.3 cm³/mol. The minimum absolute atomic E-state index is 0.777. The van der Waals surface area contributed by atoms with Crippen LogP contribution in [0.25, 0.3) is 0 Å². The highest BCUT2D eigenvalue weighted by atomic mass is 127. The number of hydrogen-bond acceptors (Lipinski definition) is 2. The summed E-state index contributed by atoms with van der Waals surface area (Å²) < 4.78 is 2.43. The average molecular weight is 254 g/mol. The lowest BCUT2D eigenvalue weighted by atomic mass is 10.1. The first-order chi connectivity index (χ1) is 4.84. The first-order valence-corrected chi connectivity index (χ1v) is 4.94. The summed E-state index contributed by atoms with van der Waals surface area (Å²) in [7, 11) is 0. The van der Waals surface area contributed by atoms with Crippen LogP contribution in [0.3, 0.4) is 0 Å². The van der Waals surface area contributed by atoms with Gasteiger partial charge in [-0.2, -0.15) is 0 Å². The summed E-state index contributed by atoms with van der Waals surface area (Å²) in [5, 5.41) is 3.40. The van der Waals surface area contributed by atoms with Crippen LogP contribution in [0, 0.1) is 0 Å². The Morgan fingerprint density at radius 3 is 3.10 bits per heavy atom. The van der Waals surface area contributed by atoms with Crippen molar-refractivity contribution in [1.82, 2.24) is 8.43 Å². The van der Waals surface area contributed by atoms with E-state index in [-0.39, 0.29) is 0 Å². The summed E-state index contributed by atoms with van der Waals surface area (Å²) >= 11 is 2.44. The molecule has 1 aliphatic heterocycles. The highest BCUT2D eigenvalue weighted by Crippen LogP contribution is 2.13. The molecular weight excluding hydrogens is 239 g/mol. The molecule has 1 heterocycles. The van der Waals surface area contributed by atoms with Crippen molar-refractivity contribution in [2.75, 3.05) is 19.6 Å². The Balaban J connectivity index is 2.25. The van der Waals surface area contributed by atoms with Crippen molar-refractivity contribution in [3.8, 4) is 0 Å². The van der Waals surface area contributed by atoms with Crippen LogP contribution in [0.1, 0.15) is 19.8 Å². The Labute approximate surface area is 76.9 Å². The van der Waals surface area contributed by atoms with Crippen molar-refractivity contribution in [3.63, 3.8) is 0 Å². The molecule has 60 valence electrons. The zero-order valence-electron chi connectivity index (χ0n) is 6.44. The van der Waals surface area contributed by atoms with Gasteiger partial charge in [-0.1, -0.05) is 13.3 Å². The quantitative estimate of drug-likeness (QED) is 0.592. The molecule has 1 unspecified atom stereocenters. The minimum Gasteiger partial charge on any atom is -0.314 e. The Morgan fingerprint density at radius 1 is 1.70 bits per heavy atom. The maximum Gasteiger partial charge on any atom is 0.0319 e. The zero-order chi connectivity index (χ0) is 7.40. The fraction of sp³-hybridized carbons (Fsp3) is 1.00. The monoisotopic (exact) mass is 254 g/mol. The molecule has 10 heavy (non-hydrogen) atoms. The van der Waals surface area contributed by atoms with Crippen LogP contribution in [0.4, 0.5) is 0 Å². The van der Waals surface area contributed by atoms with Gasteiger partial charge >= 0.3 is 0 Å². The number of hydrogen-bond donors (Lipinski definition) is 1. The van der Waals surface area contributed by atoms with Crippen LogP contribution >= 0.6 is 22.9 Å². The normalized spacial score (nSPS) is 28.8. The van der Waals surface area contributed by atoms with Crippen molar-refractivity contribution < 1.29 is 0 Å². The van der Waals surface area contributed by atoms with Gasteiger partial charge in [0, 0.05) is 48.5 Å². The molecule has 0 aromatic carbocycles. The molecule has 1 rings (SSSR count). The van der Waals surface area contributed by atoms with Gasteiger partial charge in [-0.05, 0) is 6.42 Å². The van der Waals surface area contributed by atoms with Gasteiger partial charge in [-0.25, -0.2) is 3.11 Å². The number of nitrogens with one attached hydrogen (secondary N) is 1. The van der Waals surface area contributed by atoms with Gasteiger partial charge in [-0.3, -0.25) is 0 Å².